The summed E-state index contributed by atoms with van der Waals surface area (Å²) in [5.41, 5.74) is 2.86. The van der Waals surface area contributed by atoms with Crippen molar-refractivity contribution in [2.24, 2.45) is 35.4 Å². The van der Waals surface area contributed by atoms with Crippen molar-refractivity contribution >= 4 is 137 Å². The van der Waals surface area contributed by atoms with Crippen LogP contribution < -0.4 is 29.4 Å². The molecular formula is C96H120N36O6. The van der Waals surface area contributed by atoms with Gasteiger partial charge in [-0.2, -0.15) is 0 Å². The smallest absolute Gasteiger partial charge is 0.302 e. The number of carbonyl (C=O) groups excluding carboxylic acids is 6. The lowest BCUT2D eigenvalue weighted by Gasteiger charge is -2.41. The van der Waals surface area contributed by atoms with Crippen molar-refractivity contribution < 1.29 is 78.1 Å². The molecule has 138 heavy (non-hydrogen) atoms. The molecule has 0 bridgehead atoms. The molecule has 12 aromatic rings. The number of rotatable bonds is 18. The normalized spacial score (nSPS) is 29.4. The first-order valence-electron chi connectivity index (χ1n) is 60.8. The highest BCUT2D eigenvalue weighted by Crippen LogP contribution is 2.37. The minimum Gasteiger partial charge on any atom is -0.354 e. The lowest BCUT2D eigenvalue weighted by molar-refractivity contribution is -0.131. The molecule has 6 amide bonds. The Morgan fingerprint density at radius 2 is 0.558 bits per heavy atom. The van der Waals surface area contributed by atoms with E-state index in [4.69, 9.17) is 88.8 Å². The summed E-state index contributed by atoms with van der Waals surface area (Å²) < 4.78 is 289. The van der Waals surface area contributed by atoms with E-state index in [0.29, 0.717) is 84.3 Å². The molecule has 6 fully saturated rings. The maximum absolute atomic E-state index is 12.5. The molecule has 0 spiro atoms. The Morgan fingerprint density at radius 3 is 0.862 bits per heavy atom. The molecule has 720 valence electrons. The van der Waals surface area contributed by atoms with E-state index < -0.39 is 195 Å². The Bertz CT molecular complexity index is 8220. The van der Waals surface area contributed by atoms with Crippen molar-refractivity contribution in [2.45, 2.75) is 116 Å². The molecule has 12 atom stereocenters. The SMILES string of the molecule is [2H]C([2H])([N+]#[C-])C(=O)N1CC[C@@H](C([2H])([2H])[2H])[C@@H](N(c2ncnc3[nH]ccc23)C([2H])([2H])[2H])C1.[2H]C([2H])([N+]#[C-])C(=O)N1CC[C@@H](C([2H])([2H])[2H])[C@@]([2H])(N(C)c2ncnc3[nH]ccc23)C1.[2H]C([2H])([N+]#[C-])C(=O)N1CC[C@@H](C)[C@@H](N(c2ncnc3[nH]ccc23)C([2H])([2H])[2H])C1.[2H]C([2H])([N+]#[C-])C(=O)N1CC[C@@]([2H])(C([2H])([2H])[2H])[C@@]([2H])(N(C)c2ncnc3[nH]ccc23)C1.[2H]C([2H])([N+]#[C-])C(=O)N1CC[C@@]([2H])(C)[C@@H](N(c2ncnc3[nH]ccc23)C([2H])([2H])[2H])C1.[2H]C([2H])([N+]#[C-])C(=O)N1CC[C@@]([2H])(C)[C@@]([2H])(N(C)c2ncnc3[nH]ccc23)C1. The number of fused-ring (bicyclic) bond motifs is 6. The Labute approximate surface area is 852 Å². The Balaban J connectivity index is 0.000000171. The molecular weight excluding hydrogens is 1750 g/mol. The maximum atomic E-state index is 12.5. The van der Waals surface area contributed by atoms with Gasteiger partial charge < -0.3 is 118 Å². The van der Waals surface area contributed by atoms with E-state index in [1.165, 1.54) is 70.2 Å². The van der Waals surface area contributed by atoms with Crippen LogP contribution in [0.15, 0.2) is 112 Å². The zero-order valence-corrected chi connectivity index (χ0v) is 75.5. The minimum atomic E-state index is -2.87. The van der Waals surface area contributed by atoms with Gasteiger partial charge in [0.2, 0.25) is 0 Å². The molecule has 42 heteroatoms. The molecule has 18 heterocycles. The van der Waals surface area contributed by atoms with E-state index >= 15 is 0 Å². The summed E-state index contributed by atoms with van der Waals surface area (Å²) in [5.74, 6) is -12.2. The van der Waals surface area contributed by atoms with Gasteiger partial charge in [0.25, 0.3) is 39.0 Å². The van der Waals surface area contributed by atoms with Gasteiger partial charge in [-0.05, 0) is 110 Å². The highest BCUT2D eigenvalue weighted by molar-refractivity contribution is 5.93. The molecule has 0 aliphatic carbocycles. The predicted octanol–water partition coefficient (Wildman–Crippen LogP) is 9.30. The zero-order chi connectivity index (χ0) is 130. The zero-order valence-electron chi connectivity index (χ0n) is 111. The Morgan fingerprint density at radius 1 is 0.319 bits per heavy atom. The van der Waals surface area contributed by atoms with Crippen LogP contribution in [-0.2, 0) is 28.8 Å². The highest BCUT2D eigenvalue weighted by Gasteiger charge is 2.41. The number of amides is 6. The fourth-order valence-electron chi connectivity index (χ4n) is 16.4. The summed E-state index contributed by atoms with van der Waals surface area (Å²) in [4.78, 5) is 172. The van der Waals surface area contributed by atoms with Gasteiger partial charge in [0.05, 0.1) is 72.6 Å². The molecule has 6 N–H and O–H groups in total. The van der Waals surface area contributed by atoms with Crippen LogP contribution in [0.1, 0.15) is 129 Å². The van der Waals surface area contributed by atoms with Gasteiger partial charge >= 0.3 is 35.4 Å². The first-order valence-corrected chi connectivity index (χ1v) is 42.8. The van der Waals surface area contributed by atoms with Crippen molar-refractivity contribution in [1.29, 1.82) is 0 Å². The highest BCUT2D eigenvalue weighted by atomic mass is 16.2. The summed E-state index contributed by atoms with van der Waals surface area (Å²) in [6.07, 6.45) is 17.5. The predicted molar refractivity (Wildman–Crippen MR) is 527 cm³/mol. The molecule has 6 saturated heterocycles. The van der Waals surface area contributed by atoms with Gasteiger partial charge in [-0.1, -0.05) is 41.3 Å². The van der Waals surface area contributed by atoms with Crippen LogP contribution in [0.5, 0.6) is 0 Å². The van der Waals surface area contributed by atoms with Crippen LogP contribution in [0.2, 0.25) is 0 Å². The monoisotopic (exact) mass is 1910 g/mol. The van der Waals surface area contributed by atoms with Crippen molar-refractivity contribution in [3.8, 4) is 0 Å². The molecule has 0 radical (unpaired) electrons. The van der Waals surface area contributed by atoms with E-state index in [2.05, 4.69) is 119 Å². The average Bonchev–Trinajstić information content (AvgIpc) is 0.724. The van der Waals surface area contributed by atoms with E-state index in [1.54, 1.807) is 94.5 Å². The van der Waals surface area contributed by atoms with Crippen LogP contribution in [0.4, 0.5) is 34.9 Å². The summed E-state index contributed by atoms with van der Waals surface area (Å²) in [7, 11) is 4.57. The van der Waals surface area contributed by atoms with E-state index in [9.17, 15) is 28.8 Å². The molecule has 0 unspecified atom stereocenters. The summed E-state index contributed by atoms with van der Waals surface area (Å²) in [5, 5.41) is 3.14. The summed E-state index contributed by atoms with van der Waals surface area (Å²) >= 11 is 0. The molecule has 42 nitrogen and oxygen atoms in total. The summed E-state index contributed by atoms with van der Waals surface area (Å²) in [6.45, 7) is 12.4. The number of aromatic nitrogens is 18. The van der Waals surface area contributed by atoms with Gasteiger partial charge in [-0.25, -0.2) is 99.2 Å². The number of nitrogens with zero attached hydrogens (tertiary/aromatic N) is 30. The van der Waals surface area contributed by atoms with E-state index in [0.717, 1.165) is 40.6 Å². The molecule has 0 aromatic carbocycles. The Kier molecular flexibility index (Phi) is 20.9. The van der Waals surface area contributed by atoms with Crippen molar-refractivity contribution in [3.63, 3.8) is 0 Å². The van der Waals surface area contributed by atoms with Crippen LogP contribution in [0.3, 0.4) is 0 Å². The number of hydrogen-bond acceptors (Lipinski definition) is 24. The second kappa shape index (κ2) is 46.5. The van der Waals surface area contributed by atoms with Crippen LogP contribution in [0.25, 0.3) is 95.3 Å². The fourth-order valence-corrected chi connectivity index (χ4v) is 16.4. The average molecular weight is 1910 g/mol. The lowest BCUT2D eigenvalue weighted by atomic mass is 9.92. The number of carbonyl (C=O) groups is 6. The second-order valence-electron chi connectivity index (χ2n) is 32.1. The van der Waals surface area contributed by atoms with Crippen LogP contribution >= 0.6 is 0 Å². The first kappa shape index (κ1) is 62.0. The number of H-pyrrole nitrogens is 6. The number of piperidine rings is 6. The van der Waals surface area contributed by atoms with Gasteiger partial charge in [0, 0.05) is 187 Å². The van der Waals surface area contributed by atoms with Crippen LogP contribution in [0, 0.1) is 74.9 Å². The Hall–Kier alpha value is -15.7. The number of nitrogens with one attached hydrogen (secondary N) is 6. The standard InChI is InChI=1S/6C16H20N6O/c6*1-11-5-7-22(14(23)8-17-2)9-13(11)21(3)16-12-4-6-18-15(12)19-10-20-16/h6*4,6,10-11,13H,5,7-9H2,1,3H3,(H,18,19,20)/t6*11-,13+/m111111/s1/i1D3,8D2,11D,13D;8D2,11D,13D;3D3,8D2,11D;1D3,8D2,13D;1D3,3D3,8D2;3D3,8D2. The first-order chi connectivity index (χ1) is 80.4. The van der Waals surface area contributed by atoms with E-state index in [-0.39, 0.29) is 127 Å². The van der Waals surface area contributed by atoms with Gasteiger partial charge in [-0.15, -0.1) is 0 Å². The summed E-state index contributed by atoms with van der Waals surface area (Å²) in [6, 6.07) is 1.51. The second-order valence-corrected chi connectivity index (χ2v) is 32.1. The number of likely N-dealkylation sites (N-methyl/N-ethyl adjacent to an activating group) is 6. The molecule has 6 aliphatic rings. The van der Waals surface area contributed by atoms with Crippen molar-refractivity contribution in [2.75, 3.05) is 189 Å². The third kappa shape index (κ3) is 23.1. The largest absolute Gasteiger partial charge is 0.354 e. The van der Waals surface area contributed by atoms with Crippen molar-refractivity contribution in [1.82, 2.24) is 119 Å². The molecule has 6 aliphatic heterocycles. The van der Waals surface area contributed by atoms with Gasteiger partial charge in [0.1, 0.15) is 123 Å². The quantitative estimate of drug-likeness (QED) is 0.0435. The lowest BCUT2D eigenvalue weighted by Crippen LogP contribution is -2.53. The topological polar surface area (TPSA) is 417 Å². The molecule has 18 rings (SSSR count). The minimum absolute atomic E-state index is 0.0106. The van der Waals surface area contributed by atoms with Crippen molar-refractivity contribution in [3.05, 3.63) is 180 Å². The third-order valence-electron chi connectivity index (χ3n) is 24.1. The third-order valence-corrected chi connectivity index (χ3v) is 24.1. The molecule has 0 saturated carbocycles. The maximum Gasteiger partial charge on any atom is 0.302 e. The number of anilines is 6. The number of hydrogen-bond donors (Lipinski definition) is 6. The fraction of sp³-hybridized carbons (Fsp3) is 0.500. The van der Waals surface area contributed by atoms with Crippen LogP contribution in [-0.4, -0.2) is 350 Å². The molecule has 12 aromatic heterocycles. The number of likely N-dealkylation sites (tertiary alicyclic amines) is 6. The van der Waals surface area contributed by atoms with Gasteiger partial charge in [0.15, 0.2) is 0 Å². The number of aromatic amines is 6. The van der Waals surface area contributed by atoms with Gasteiger partial charge in [-0.3, -0.25) is 28.8 Å². The van der Waals surface area contributed by atoms with E-state index in [1.807, 2.05) is 6.92 Å².